The Labute approximate surface area is 124 Å². The molecule has 0 saturated carbocycles. The van der Waals surface area contributed by atoms with Crippen molar-refractivity contribution in [2.45, 2.75) is 17.9 Å². The summed E-state index contributed by atoms with van der Waals surface area (Å²) in [6, 6.07) is 0. The maximum atomic E-state index is 12.0. The summed E-state index contributed by atoms with van der Waals surface area (Å²) in [6.07, 6.45) is 4.08. The number of carbonyl (C=O) groups is 1. The lowest BCUT2D eigenvalue weighted by Gasteiger charge is -2.30. The van der Waals surface area contributed by atoms with Crippen LogP contribution in [0.1, 0.15) is 12.8 Å². The van der Waals surface area contributed by atoms with Gasteiger partial charge in [0.2, 0.25) is 0 Å². The van der Waals surface area contributed by atoms with E-state index in [1.807, 2.05) is 0 Å². The zero-order chi connectivity index (χ0) is 15.5. The fourth-order valence-corrected chi connectivity index (χ4v) is 3.37. The summed E-state index contributed by atoms with van der Waals surface area (Å²) in [4.78, 5) is 16.8. The monoisotopic (exact) mass is 316 g/mol. The van der Waals surface area contributed by atoms with E-state index in [9.17, 15) is 13.2 Å². The second kappa shape index (κ2) is 6.44. The number of aromatic nitrogens is 2. The zero-order valence-corrected chi connectivity index (χ0v) is 13.0. The molecule has 0 atom stereocenters. The minimum atomic E-state index is -3.56. The molecule has 0 spiro atoms. The van der Waals surface area contributed by atoms with E-state index in [1.54, 1.807) is 16.5 Å². The van der Waals surface area contributed by atoms with Gasteiger partial charge in [0.25, 0.3) is 10.0 Å². The molecule has 2 rings (SSSR count). The molecule has 0 radical (unpaired) electrons. The molecule has 118 valence electrons. The number of carbonyl (C=O) groups excluding carboxylic acids is 1. The molecular formula is C12H20N4O4S. The Bertz CT molecular complexity index is 590. The van der Waals surface area contributed by atoms with Gasteiger partial charge in [-0.1, -0.05) is 0 Å². The number of likely N-dealkylation sites (tertiary alicyclic amines) is 1. The third-order valence-electron chi connectivity index (χ3n) is 3.57. The minimum absolute atomic E-state index is 0.0250. The molecule has 1 aliphatic heterocycles. The topological polar surface area (TPSA) is 93.5 Å². The average Bonchev–Trinajstić information content (AvgIpc) is 2.92. The molecule has 1 aliphatic rings. The Kier molecular flexibility index (Phi) is 4.84. The number of hydrogen-bond donors (Lipinski definition) is 1. The Hall–Kier alpha value is -1.61. The number of nitrogens with one attached hydrogen (secondary N) is 1. The van der Waals surface area contributed by atoms with E-state index in [0.29, 0.717) is 19.6 Å². The van der Waals surface area contributed by atoms with Crippen LogP contribution in [0.5, 0.6) is 0 Å². The normalized spacial score (nSPS) is 17.0. The number of hydrogen-bond acceptors (Lipinski definition) is 5. The van der Waals surface area contributed by atoms with Crippen LogP contribution in [-0.2, 0) is 21.8 Å². The highest BCUT2D eigenvalue weighted by Crippen LogP contribution is 2.17. The number of amides is 1. The van der Waals surface area contributed by atoms with E-state index in [2.05, 4.69) is 14.4 Å². The van der Waals surface area contributed by atoms with Gasteiger partial charge in [-0.15, -0.1) is 0 Å². The van der Waals surface area contributed by atoms with Gasteiger partial charge in [0, 0.05) is 32.9 Å². The van der Waals surface area contributed by atoms with Crippen molar-refractivity contribution in [3.8, 4) is 0 Å². The minimum Gasteiger partial charge on any atom is -0.453 e. The van der Waals surface area contributed by atoms with Gasteiger partial charge in [0.15, 0.2) is 5.03 Å². The summed E-state index contributed by atoms with van der Waals surface area (Å²) in [5, 5.41) is 0.0250. The third kappa shape index (κ3) is 3.94. The Balaban J connectivity index is 1.83. The quantitative estimate of drug-likeness (QED) is 0.855. The smallest absolute Gasteiger partial charge is 0.409 e. The van der Waals surface area contributed by atoms with E-state index in [-0.39, 0.29) is 17.0 Å². The molecule has 0 bridgehead atoms. The summed E-state index contributed by atoms with van der Waals surface area (Å²) in [7, 11) is -0.487. The van der Waals surface area contributed by atoms with E-state index in [0.717, 1.165) is 12.8 Å². The van der Waals surface area contributed by atoms with Gasteiger partial charge in [-0.25, -0.2) is 22.9 Å². The molecule has 0 unspecified atom stereocenters. The summed E-state index contributed by atoms with van der Waals surface area (Å²) < 4.78 is 32.9. The van der Waals surface area contributed by atoms with E-state index >= 15 is 0 Å². The van der Waals surface area contributed by atoms with Crippen LogP contribution in [0.3, 0.4) is 0 Å². The van der Waals surface area contributed by atoms with E-state index in [4.69, 9.17) is 0 Å². The van der Waals surface area contributed by atoms with Gasteiger partial charge < -0.3 is 14.2 Å². The lowest BCUT2D eigenvalue weighted by atomic mass is 9.97. The molecule has 1 amide bonds. The molecule has 1 aromatic rings. The fourth-order valence-electron chi connectivity index (χ4n) is 2.28. The predicted molar refractivity (Wildman–Crippen MR) is 75.1 cm³/mol. The SMILES string of the molecule is COC(=O)N1CCC(CNS(=O)(=O)c2cn(C)cn2)CC1. The van der Waals surface area contributed by atoms with Crippen molar-refractivity contribution in [1.82, 2.24) is 19.2 Å². The number of sulfonamides is 1. The number of nitrogens with zero attached hydrogens (tertiary/aromatic N) is 3. The van der Waals surface area contributed by atoms with Crippen LogP contribution in [0.4, 0.5) is 4.79 Å². The van der Waals surface area contributed by atoms with Crippen molar-refractivity contribution in [1.29, 1.82) is 0 Å². The van der Waals surface area contributed by atoms with Gasteiger partial charge in [0.1, 0.15) is 0 Å². The molecule has 1 N–H and O–H groups in total. The van der Waals surface area contributed by atoms with Gasteiger partial charge >= 0.3 is 6.09 Å². The lowest BCUT2D eigenvalue weighted by Crippen LogP contribution is -2.41. The second-order valence-electron chi connectivity index (χ2n) is 5.13. The first-order valence-corrected chi connectivity index (χ1v) is 8.21. The van der Waals surface area contributed by atoms with Gasteiger partial charge in [-0.05, 0) is 18.8 Å². The van der Waals surface area contributed by atoms with Crippen molar-refractivity contribution in [3.05, 3.63) is 12.5 Å². The first-order chi connectivity index (χ1) is 9.92. The molecule has 2 heterocycles. The van der Waals surface area contributed by atoms with Crippen LogP contribution < -0.4 is 4.72 Å². The van der Waals surface area contributed by atoms with Crippen LogP contribution >= 0.6 is 0 Å². The predicted octanol–water partition coefficient (Wildman–Crippen LogP) is 0.177. The second-order valence-corrected chi connectivity index (χ2v) is 6.84. The molecule has 21 heavy (non-hydrogen) atoms. The summed E-state index contributed by atoms with van der Waals surface area (Å²) >= 11 is 0. The van der Waals surface area contributed by atoms with Gasteiger partial charge in [0.05, 0.1) is 13.4 Å². The number of methoxy groups -OCH3 is 1. The maximum Gasteiger partial charge on any atom is 0.409 e. The highest BCUT2D eigenvalue weighted by Gasteiger charge is 2.25. The summed E-state index contributed by atoms with van der Waals surface area (Å²) in [5.41, 5.74) is 0. The van der Waals surface area contributed by atoms with Crippen molar-refractivity contribution in [2.75, 3.05) is 26.7 Å². The highest BCUT2D eigenvalue weighted by molar-refractivity contribution is 7.89. The highest BCUT2D eigenvalue weighted by atomic mass is 32.2. The third-order valence-corrected chi connectivity index (χ3v) is 4.87. The molecular weight excluding hydrogens is 296 g/mol. The molecule has 1 saturated heterocycles. The number of aryl methyl sites for hydroxylation is 1. The molecule has 1 aromatic heterocycles. The van der Waals surface area contributed by atoms with Crippen LogP contribution in [0.15, 0.2) is 17.6 Å². The van der Waals surface area contributed by atoms with Crippen molar-refractivity contribution < 1.29 is 17.9 Å². The fraction of sp³-hybridized carbons (Fsp3) is 0.667. The Morgan fingerprint density at radius 1 is 1.48 bits per heavy atom. The zero-order valence-electron chi connectivity index (χ0n) is 12.2. The standard InChI is InChI=1S/C12H20N4O4S/c1-15-8-11(13-9-15)21(18,19)14-7-10-3-5-16(6-4-10)12(17)20-2/h8-10,14H,3-7H2,1-2H3. The van der Waals surface area contributed by atoms with Gasteiger partial charge in [-0.3, -0.25) is 0 Å². The number of piperidine rings is 1. The lowest BCUT2D eigenvalue weighted by molar-refractivity contribution is 0.106. The molecule has 0 aliphatic carbocycles. The molecule has 8 nitrogen and oxygen atoms in total. The van der Waals surface area contributed by atoms with Crippen LogP contribution in [0.2, 0.25) is 0 Å². The van der Waals surface area contributed by atoms with Crippen LogP contribution in [0.25, 0.3) is 0 Å². The Morgan fingerprint density at radius 3 is 2.67 bits per heavy atom. The van der Waals surface area contributed by atoms with Gasteiger partial charge in [-0.2, -0.15) is 0 Å². The first-order valence-electron chi connectivity index (χ1n) is 6.73. The Morgan fingerprint density at radius 2 is 2.14 bits per heavy atom. The van der Waals surface area contributed by atoms with E-state index in [1.165, 1.54) is 19.6 Å². The number of ether oxygens (including phenoxy) is 1. The number of imidazole rings is 1. The molecule has 0 aromatic carbocycles. The van der Waals surface area contributed by atoms with Crippen molar-refractivity contribution >= 4 is 16.1 Å². The largest absolute Gasteiger partial charge is 0.453 e. The maximum absolute atomic E-state index is 12.0. The van der Waals surface area contributed by atoms with Crippen molar-refractivity contribution in [3.63, 3.8) is 0 Å². The molecule has 1 fully saturated rings. The molecule has 9 heteroatoms. The van der Waals surface area contributed by atoms with Crippen molar-refractivity contribution in [2.24, 2.45) is 13.0 Å². The first kappa shape index (κ1) is 15.8. The van der Waals surface area contributed by atoms with E-state index < -0.39 is 10.0 Å². The average molecular weight is 316 g/mol. The number of rotatable bonds is 4. The van der Waals surface area contributed by atoms with Crippen LogP contribution in [-0.4, -0.2) is 55.7 Å². The summed E-state index contributed by atoms with van der Waals surface area (Å²) in [6.45, 7) is 1.53. The van der Waals surface area contributed by atoms with Crippen LogP contribution in [0, 0.1) is 5.92 Å². The summed E-state index contributed by atoms with van der Waals surface area (Å²) in [5.74, 6) is 0.212.